The van der Waals surface area contributed by atoms with Crippen LogP contribution in [0.2, 0.25) is 0 Å². The van der Waals surface area contributed by atoms with Crippen molar-refractivity contribution in [2.45, 2.75) is 0 Å². The summed E-state index contributed by atoms with van der Waals surface area (Å²) in [5.74, 6) is 0. The Kier molecular flexibility index (Phi) is 104. The monoisotopic (exact) mass is 174 g/mol. The molecule has 0 aromatic carbocycles. The van der Waals surface area contributed by atoms with Gasteiger partial charge in [0.05, 0.1) is 0 Å². The molecule has 0 bridgehead atoms. The van der Waals surface area contributed by atoms with Gasteiger partial charge in [-0.1, -0.05) is 0 Å². The van der Waals surface area contributed by atoms with Crippen molar-refractivity contribution in [2.24, 2.45) is 0 Å². The molecule has 0 aliphatic heterocycles. The maximum Gasteiger partial charge on any atom is 1.00 e. The fourth-order valence-corrected chi connectivity index (χ4v) is 0. The van der Waals surface area contributed by atoms with Crippen LogP contribution >= 0.6 is 0 Å². The average Bonchev–Trinajstić information content (AvgIpc) is 0. The average molecular weight is 173 g/mol. The standard InChI is InChI=1S/GeH4.K.Li.Ti.2H/h1H4;;;;;/q;2*+1;;2*-1. The predicted molar refractivity (Wildman–Crippen MR) is 13.6 cm³/mol. The first-order chi connectivity index (χ1) is 0. The molecule has 0 N–H and O–H groups in total. The van der Waals surface area contributed by atoms with E-state index in [4.69, 9.17) is 0 Å². The maximum atomic E-state index is 0. The zero-order valence-electron chi connectivity index (χ0n) is 4.50. The van der Waals surface area contributed by atoms with Gasteiger partial charge in [0, 0.05) is 21.7 Å². The van der Waals surface area contributed by atoms with Crippen LogP contribution < -0.4 is 70.2 Å². The SMILES string of the molecule is [GeH4].[H-].[H-].[K+].[Li+].[Ti]. The normalized spacial score (nSPS) is 0. The summed E-state index contributed by atoms with van der Waals surface area (Å²) in [6.07, 6.45) is 0. The molecule has 0 heterocycles. The van der Waals surface area contributed by atoms with Gasteiger partial charge < -0.3 is 2.85 Å². The van der Waals surface area contributed by atoms with Crippen molar-refractivity contribution in [2.75, 3.05) is 0 Å². The van der Waals surface area contributed by atoms with Gasteiger partial charge in [-0.25, -0.2) is 0 Å². The third-order valence-electron chi connectivity index (χ3n) is 0. The van der Waals surface area contributed by atoms with Crippen LogP contribution in [0.5, 0.6) is 0 Å². The van der Waals surface area contributed by atoms with Gasteiger partial charge in [0.25, 0.3) is 0 Å². The Hall–Kier alpha value is 3.49. The van der Waals surface area contributed by atoms with Gasteiger partial charge in [-0.2, -0.15) is 0 Å². The van der Waals surface area contributed by atoms with Crippen molar-refractivity contribution >= 4 is 17.6 Å². The van der Waals surface area contributed by atoms with Crippen LogP contribution in [-0.4, -0.2) is 17.6 Å². The summed E-state index contributed by atoms with van der Waals surface area (Å²) >= 11 is 0. The van der Waals surface area contributed by atoms with Gasteiger partial charge in [-0.05, 0) is 0 Å². The van der Waals surface area contributed by atoms with Crippen molar-refractivity contribution in [1.82, 2.24) is 0 Å². The van der Waals surface area contributed by atoms with Gasteiger partial charge >= 0.3 is 87.8 Å². The molecule has 0 spiro atoms. The molecule has 0 amide bonds. The molecule has 0 aromatic rings. The molecule has 0 saturated heterocycles. The van der Waals surface area contributed by atoms with Crippen LogP contribution in [0.25, 0.3) is 0 Å². The van der Waals surface area contributed by atoms with Crippen molar-refractivity contribution in [1.29, 1.82) is 0 Å². The third-order valence-corrected chi connectivity index (χ3v) is 0. The predicted octanol–water partition coefficient (Wildman–Crippen LogP) is -7.22. The van der Waals surface area contributed by atoms with Crippen LogP contribution in [0, 0.1) is 0 Å². The Balaban J connectivity index is 0. The molecule has 16 valence electrons. The largest absolute Gasteiger partial charge is 1.00 e. The Morgan fingerprint density at radius 2 is 1.25 bits per heavy atom. The quantitative estimate of drug-likeness (QED) is 0.319. The molecule has 4 heteroatoms. The van der Waals surface area contributed by atoms with Crippen LogP contribution in [0.4, 0.5) is 0 Å². The molecule has 4 heavy (non-hydrogen) atoms. The van der Waals surface area contributed by atoms with E-state index in [9.17, 15) is 0 Å². The number of rotatable bonds is 0. The van der Waals surface area contributed by atoms with E-state index >= 15 is 0 Å². The van der Waals surface area contributed by atoms with E-state index in [1.807, 2.05) is 0 Å². The van der Waals surface area contributed by atoms with E-state index in [0.717, 1.165) is 0 Å². The number of hydrogen-bond acceptors (Lipinski definition) is 0. The van der Waals surface area contributed by atoms with Crippen LogP contribution in [0.1, 0.15) is 2.85 Å². The van der Waals surface area contributed by atoms with E-state index < -0.39 is 0 Å². The van der Waals surface area contributed by atoms with E-state index in [0.29, 0.717) is 0 Å². The molecule has 0 saturated carbocycles. The van der Waals surface area contributed by atoms with E-state index in [-0.39, 0.29) is 112 Å². The fourth-order valence-electron chi connectivity index (χ4n) is 0. The van der Waals surface area contributed by atoms with Gasteiger partial charge in [-0.15, -0.1) is 0 Å². The van der Waals surface area contributed by atoms with Gasteiger partial charge in [0.15, 0.2) is 0 Å². The van der Waals surface area contributed by atoms with Crippen LogP contribution in [0.3, 0.4) is 0 Å². The Labute approximate surface area is 110 Å². The molecule has 0 nitrogen and oxygen atoms in total. The third kappa shape index (κ3) is 9.09. The Morgan fingerprint density at radius 1 is 1.25 bits per heavy atom. The van der Waals surface area contributed by atoms with Crippen molar-refractivity contribution in [3.63, 3.8) is 0 Å². The molecule has 0 atom stereocenters. The first kappa shape index (κ1) is 25.9. The van der Waals surface area contributed by atoms with E-state index in [1.165, 1.54) is 0 Å². The van der Waals surface area contributed by atoms with Gasteiger partial charge in [0.1, 0.15) is 0 Å². The Bertz CT molecular complexity index is 13.5. The summed E-state index contributed by atoms with van der Waals surface area (Å²) in [4.78, 5) is 0. The second kappa shape index (κ2) is 16.1. The minimum atomic E-state index is 0. The first-order valence-electron chi connectivity index (χ1n) is 0. The topological polar surface area (TPSA) is 0 Å². The smallest absolute Gasteiger partial charge is 1.00 e. The molecular weight excluding hydrogens is 167 g/mol. The minimum absolute atomic E-state index is 0. The molecule has 0 aliphatic carbocycles. The molecular formula is H6GeKLiTi. The van der Waals surface area contributed by atoms with Crippen LogP contribution in [0.15, 0.2) is 0 Å². The molecule has 0 fully saturated rings. The van der Waals surface area contributed by atoms with Gasteiger partial charge in [0.2, 0.25) is 0 Å². The van der Waals surface area contributed by atoms with Crippen molar-refractivity contribution in [3.05, 3.63) is 0 Å². The fraction of sp³-hybridized carbons (Fsp3) is 0. The van der Waals surface area contributed by atoms with Gasteiger partial charge in [-0.3, -0.25) is 0 Å². The van der Waals surface area contributed by atoms with E-state index in [2.05, 4.69) is 0 Å². The summed E-state index contributed by atoms with van der Waals surface area (Å²) in [5, 5.41) is 0. The molecule has 0 aliphatic rings. The summed E-state index contributed by atoms with van der Waals surface area (Å²) in [7, 11) is 0. The Morgan fingerprint density at radius 3 is 1.25 bits per heavy atom. The summed E-state index contributed by atoms with van der Waals surface area (Å²) in [5.41, 5.74) is 0. The summed E-state index contributed by atoms with van der Waals surface area (Å²) in [6.45, 7) is 0. The molecule has 0 unspecified atom stereocenters. The zero-order chi connectivity index (χ0) is 0. The van der Waals surface area contributed by atoms with Crippen molar-refractivity contribution < 1.29 is 94.8 Å². The summed E-state index contributed by atoms with van der Waals surface area (Å²) < 4.78 is 0. The second-order valence-corrected chi connectivity index (χ2v) is 0. The first-order valence-corrected chi connectivity index (χ1v) is 0. The summed E-state index contributed by atoms with van der Waals surface area (Å²) in [6, 6.07) is 0. The number of hydrogen-bond donors (Lipinski definition) is 0. The molecule has 0 radical (unpaired) electrons. The molecule has 0 rings (SSSR count). The van der Waals surface area contributed by atoms with Crippen LogP contribution in [-0.2, 0) is 21.7 Å². The zero-order valence-corrected chi connectivity index (χ0v) is 7.18. The van der Waals surface area contributed by atoms with Crippen molar-refractivity contribution in [3.8, 4) is 0 Å². The maximum absolute atomic E-state index is 0. The van der Waals surface area contributed by atoms with E-state index in [1.54, 1.807) is 0 Å². The minimum Gasteiger partial charge on any atom is -1.00 e. The second-order valence-electron chi connectivity index (χ2n) is 0. The molecule has 0 aromatic heterocycles.